The number of ether oxygens (including phenoxy) is 1. The summed E-state index contributed by atoms with van der Waals surface area (Å²) >= 11 is 2.57. The Hall–Kier alpha value is -2.52. The Bertz CT molecular complexity index is 1090. The zero-order valence-corrected chi connectivity index (χ0v) is 16.3. The number of hydrogen-bond acceptors (Lipinski definition) is 6. The number of hydrogen-bond donors (Lipinski definition) is 0. The summed E-state index contributed by atoms with van der Waals surface area (Å²) in [6, 6.07) is 8.30. The minimum atomic E-state index is -0.948. The van der Waals surface area contributed by atoms with Crippen molar-refractivity contribution in [2.75, 3.05) is 11.5 Å². The number of nitrogens with zero attached hydrogens (tertiary/aromatic N) is 2. The number of carbonyl (C=O) groups excluding carboxylic acids is 2. The molecule has 4 rings (SSSR count). The summed E-state index contributed by atoms with van der Waals surface area (Å²) in [5.41, 5.74) is 0.541. The molecule has 0 saturated carbocycles. The first kappa shape index (κ1) is 18.8. The summed E-state index contributed by atoms with van der Waals surface area (Å²) in [6.07, 6.45) is -0.0690. The molecular formula is C19H14F2N2O3S2. The molecule has 1 atom stereocenters. The van der Waals surface area contributed by atoms with E-state index >= 15 is 0 Å². The van der Waals surface area contributed by atoms with Gasteiger partial charge in [-0.1, -0.05) is 11.8 Å². The molecule has 1 saturated heterocycles. The highest BCUT2D eigenvalue weighted by molar-refractivity contribution is 8.02. The molecule has 0 spiro atoms. The minimum Gasteiger partial charge on any atom is -0.494 e. The predicted octanol–water partition coefficient (Wildman–Crippen LogP) is 4.40. The van der Waals surface area contributed by atoms with E-state index in [0.29, 0.717) is 17.0 Å². The Morgan fingerprint density at radius 3 is 2.82 bits per heavy atom. The molecule has 0 radical (unpaired) electrons. The number of amides is 2. The van der Waals surface area contributed by atoms with E-state index in [-0.39, 0.29) is 12.1 Å². The quantitative estimate of drug-likeness (QED) is 0.573. The third-order valence-electron chi connectivity index (χ3n) is 4.15. The van der Waals surface area contributed by atoms with Gasteiger partial charge in [0.1, 0.15) is 22.6 Å². The van der Waals surface area contributed by atoms with Crippen LogP contribution in [0.5, 0.6) is 5.75 Å². The van der Waals surface area contributed by atoms with Gasteiger partial charge in [-0.05, 0) is 37.3 Å². The molecule has 0 aliphatic carbocycles. The third kappa shape index (κ3) is 3.47. The van der Waals surface area contributed by atoms with Crippen LogP contribution in [0.2, 0.25) is 0 Å². The third-order valence-corrected chi connectivity index (χ3v) is 6.45. The second kappa shape index (κ2) is 7.48. The van der Waals surface area contributed by atoms with Crippen LogP contribution in [0.15, 0.2) is 40.7 Å². The van der Waals surface area contributed by atoms with Crippen LogP contribution in [0.25, 0.3) is 10.2 Å². The zero-order chi connectivity index (χ0) is 19.8. The average molecular weight is 420 g/mol. The molecule has 9 heteroatoms. The van der Waals surface area contributed by atoms with E-state index in [9.17, 15) is 18.4 Å². The SMILES string of the molecule is CCOc1ccc2nc(S[C@@H]3CC(=O)N(c4ccc(F)cc4F)C3=O)sc2c1. The summed E-state index contributed by atoms with van der Waals surface area (Å²) in [7, 11) is 0. The number of imide groups is 1. The number of anilines is 1. The van der Waals surface area contributed by atoms with Gasteiger partial charge in [0.05, 0.1) is 22.5 Å². The van der Waals surface area contributed by atoms with Crippen LogP contribution in [0, 0.1) is 11.6 Å². The summed E-state index contributed by atoms with van der Waals surface area (Å²) in [6.45, 7) is 2.46. The first-order valence-corrected chi connectivity index (χ1v) is 10.2. The molecule has 1 fully saturated rings. The second-order valence-electron chi connectivity index (χ2n) is 6.02. The second-order valence-corrected chi connectivity index (χ2v) is 8.50. The number of rotatable bonds is 5. The van der Waals surface area contributed by atoms with Crippen molar-refractivity contribution >= 4 is 50.8 Å². The van der Waals surface area contributed by atoms with Crippen LogP contribution in [0.1, 0.15) is 13.3 Å². The molecule has 28 heavy (non-hydrogen) atoms. The molecule has 5 nitrogen and oxygen atoms in total. The number of thioether (sulfide) groups is 1. The standard InChI is InChI=1S/C19H14F2N2O3S2/c1-2-26-11-4-5-13-15(8-11)27-19(22-13)28-16-9-17(24)23(18(16)25)14-6-3-10(20)7-12(14)21/h3-8,16H,2,9H2,1H3/t16-/m1/s1. The van der Waals surface area contributed by atoms with Gasteiger partial charge in [0.15, 0.2) is 4.34 Å². The lowest BCUT2D eigenvalue weighted by molar-refractivity contribution is -0.121. The van der Waals surface area contributed by atoms with Gasteiger partial charge < -0.3 is 4.74 Å². The Morgan fingerprint density at radius 1 is 1.25 bits per heavy atom. The van der Waals surface area contributed by atoms with Gasteiger partial charge in [0.2, 0.25) is 11.8 Å². The van der Waals surface area contributed by atoms with E-state index < -0.39 is 28.7 Å². The maximum atomic E-state index is 14.0. The van der Waals surface area contributed by atoms with Crippen molar-refractivity contribution in [3.8, 4) is 5.75 Å². The van der Waals surface area contributed by atoms with Gasteiger partial charge in [0.25, 0.3) is 0 Å². The smallest absolute Gasteiger partial charge is 0.247 e. The van der Waals surface area contributed by atoms with Crippen LogP contribution < -0.4 is 9.64 Å². The first-order chi connectivity index (χ1) is 13.5. The van der Waals surface area contributed by atoms with Crippen molar-refractivity contribution in [2.24, 2.45) is 0 Å². The van der Waals surface area contributed by atoms with E-state index in [1.165, 1.54) is 23.1 Å². The molecule has 0 unspecified atom stereocenters. The minimum absolute atomic E-state index is 0.0690. The Labute approximate surface area is 167 Å². The van der Waals surface area contributed by atoms with Gasteiger partial charge in [-0.25, -0.2) is 18.7 Å². The molecule has 1 aliphatic heterocycles. The number of thiazole rings is 1. The zero-order valence-electron chi connectivity index (χ0n) is 14.6. The van der Waals surface area contributed by atoms with Gasteiger partial charge >= 0.3 is 0 Å². The predicted molar refractivity (Wildman–Crippen MR) is 104 cm³/mol. The maximum Gasteiger partial charge on any atom is 0.247 e. The molecule has 0 bridgehead atoms. The molecule has 144 valence electrons. The van der Waals surface area contributed by atoms with Crippen LogP contribution in [0.4, 0.5) is 14.5 Å². The normalized spacial score (nSPS) is 17.0. The molecule has 0 N–H and O–H groups in total. The fourth-order valence-corrected chi connectivity index (χ4v) is 5.29. The summed E-state index contributed by atoms with van der Waals surface area (Å²) in [5, 5.41) is -0.705. The maximum absolute atomic E-state index is 14.0. The molecular weight excluding hydrogens is 406 g/mol. The lowest BCUT2D eigenvalue weighted by atomic mass is 10.2. The highest BCUT2D eigenvalue weighted by atomic mass is 32.2. The molecule has 2 amide bonds. The Kier molecular flexibility index (Phi) is 5.03. The van der Waals surface area contributed by atoms with E-state index in [1.807, 2.05) is 25.1 Å². The summed E-state index contributed by atoms with van der Waals surface area (Å²) < 4.78 is 34.2. The van der Waals surface area contributed by atoms with Crippen molar-refractivity contribution in [3.63, 3.8) is 0 Å². The molecule has 1 aliphatic rings. The monoisotopic (exact) mass is 420 g/mol. The van der Waals surface area contributed by atoms with Gasteiger partial charge in [0, 0.05) is 12.5 Å². The lowest BCUT2D eigenvalue weighted by Crippen LogP contribution is -2.31. The van der Waals surface area contributed by atoms with Gasteiger partial charge in [-0.2, -0.15) is 0 Å². The van der Waals surface area contributed by atoms with E-state index in [2.05, 4.69) is 4.98 Å². The molecule has 2 heterocycles. The van der Waals surface area contributed by atoms with Crippen molar-refractivity contribution in [1.29, 1.82) is 0 Å². The Balaban J connectivity index is 1.56. The Morgan fingerprint density at radius 2 is 2.07 bits per heavy atom. The largest absolute Gasteiger partial charge is 0.494 e. The molecule has 2 aromatic carbocycles. The fraction of sp³-hybridized carbons (Fsp3) is 0.211. The topological polar surface area (TPSA) is 59.5 Å². The van der Waals surface area contributed by atoms with E-state index in [1.54, 1.807) is 0 Å². The number of aromatic nitrogens is 1. The van der Waals surface area contributed by atoms with Crippen LogP contribution in [-0.2, 0) is 9.59 Å². The van der Waals surface area contributed by atoms with E-state index in [4.69, 9.17) is 4.74 Å². The van der Waals surface area contributed by atoms with Gasteiger partial charge in [-0.15, -0.1) is 11.3 Å². The summed E-state index contributed by atoms with van der Waals surface area (Å²) in [4.78, 5) is 30.3. The lowest BCUT2D eigenvalue weighted by Gasteiger charge is -2.15. The molecule has 1 aromatic heterocycles. The van der Waals surface area contributed by atoms with Crippen LogP contribution >= 0.6 is 23.1 Å². The first-order valence-electron chi connectivity index (χ1n) is 8.48. The number of carbonyl (C=O) groups is 2. The number of halogens is 2. The van der Waals surface area contributed by atoms with Crippen molar-refractivity contribution in [1.82, 2.24) is 4.98 Å². The average Bonchev–Trinajstić information content (AvgIpc) is 3.16. The van der Waals surface area contributed by atoms with Crippen molar-refractivity contribution in [3.05, 3.63) is 48.0 Å². The van der Waals surface area contributed by atoms with Crippen molar-refractivity contribution < 1.29 is 23.1 Å². The number of benzene rings is 2. The number of fused-ring (bicyclic) bond motifs is 1. The van der Waals surface area contributed by atoms with Crippen LogP contribution in [0.3, 0.4) is 0 Å². The highest BCUT2D eigenvalue weighted by Crippen LogP contribution is 2.38. The molecule has 3 aromatic rings. The van der Waals surface area contributed by atoms with Crippen LogP contribution in [-0.4, -0.2) is 28.7 Å². The highest BCUT2D eigenvalue weighted by Gasteiger charge is 2.41. The summed E-state index contributed by atoms with van der Waals surface area (Å²) in [5.74, 6) is -2.04. The van der Waals surface area contributed by atoms with Gasteiger partial charge in [-0.3, -0.25) is 9.59 Å². The fourth-order valence-electron chi connectivity index (χ4n) is 2.92. The van der Waals surface area contributed by atoms with E-state index in [0.717, 1.165) is 33.0 Å². The van der Waals surface area contributed by atoms with Crippen molar-refractivity contribution in [2.45, 2.75) is 22.9 Å².